The van der Waals surface area contributed by atoms with Crippen molar-refractivity contribution in [3.63, 3.8) is 0 Å². The Morgan fingerprint density at radius 2 is 1.75 bits per heavy atom. The number of aliphatic hydroxyl groups is 1. The van der Waals surface area contributed by atoms with Crippen molar-refractivity contribution in [2.45, 2.75) is 25.6 Å². The van der Waals surface area contributed by atoms with E-state index in [9.17, 15) is 18.3 Å². The van der Waals surface area contributed by atoms with Gasteiger partial charge in [-0.25, -0.2) is 4.98 Å². The van der Waals surface area contributed by atoms with Gasteiger partial charge in [-0.05, 0) is 29.2 Å². The van der Waals surface area contributed by atoms with Crippen molar-refractivity contribution < 1.29 is 18.3 Å². The molecule has 0 radical (unpaired) electrons. The van der Waals surface area contributed by atoms with Crippen molar-refractivity contribution >= 4 is 10.9 Å². The number of aryl methyl sites for hydroxylation is 1. The van der Waals surface area contributed by atoms with Gasteiger partial charge in [-0.15, -0.1) is 0 Å². The molecular weight excluding hydrogens is 315 g/mol. The molecule has 2 nitrogen and oxygen atoms in total. The van der Waals surface area contributed by atoms with Crippen LogP contribution in [0, 0.1) is 0 Å². The van der Waals surface area contributed by atoms with Gasteiger partial charge in [0.1, 0.15) is 11.8 Å². The molecule has 0 saturated carbocycles. The number of aromatic nitrogens is 1. The molecular formula is C19H16F3NO. The highest BCUT2D eigenvalue weighted by atomic mass is 19.4. The van der Waals surface area contributed by atoms with Gasteiger partial charge >= 0.3 is 6.18 Å². The molecule has 1 atom stereocenters. The van der Waals surface area contributed by atoms with Gasteiger partial charge in [0.15, 0.2) is 0 Å². The fourth-order valence-corrected chi connectivity index (χ4v) is 2.81. The number of para-hydroxylation sites is 1. The number of nitrogens with zero attached hydrogens (tertiary/aromatic N) is 1. The van der Waals surface area contributed by atoms with Crippen LogP contribution < -0.4 is 0 Å². The quantitative estimate of drug-likeness (QED) is 0.741. The highest BCUT2D eigenvalue weighted by molar-refractivity contribution is 5.86. The van der Waals surface area contributed by atoms with Gasteiger partial charge in [0.2, 0.25) is 0 Å². The highest BCUT2D eigenvalue weighted by Gasteiger charge is 2.34. The molecule has 3 rings (SSSR count). The number of fused-ring (bicyclic) bond motifs is 1. The van der Waals surface area contributed by atoms with Crippen LogP contribution in [-0.2, 0) is 12.6 Å². The summed E-state index contributed by atoms with van der Waals surface area (Å²) in [6.45, 7) is 1.87. The van der Waals surface area contributed by atoms with Gasteiger partial charge in [0, 0.05) is 5.39 Å². The molecule has 0 saturated heterocycles. The van der Waals surface area contributed by atoms with Crippen LogP contribution in [0.4, 0.5) is 13.2 Å². The number of benzene rings is 2. The summed E-state index contributed by atoms with van der Waals surface area (Å²) in [5.74, 6) is 0. The van der Waals surface area contributed by atoms with E-state index in [0.717, 1.165) is 11.6 Å². The highest BCUT2D eigenvalue weighted by Crippen LogP contribution is 2.35. The predicted molar refractivity (Wildman–Crippen MR) is 86.6 cm³/mol. The number of hydrogen-bond acceptors (Lipinski definition) is 2. The summed E-state index contributed by atoms with van der Waals surface area (Å²) in [5.41, 5.74) is 0.787. The standard InChI is InChI=1S/C19H16F3NO/c1-2-12-9-6-10-14-15(18(24)13-7-4-3-5-8-13)11-16(19(20,21)22)23-17(12)14/h3-11,18,24H,2H2,1H3. The van der Waals surface area contributed by atoms with Gasteiger partial charge in [-0.3, -0.25) is 0 Å². The normalized spacial score (nSPS) is 13.2. The van der Waals surface area contributed by atoms with Crippen molar-refractivity contribution in [2.75, 3.05) is 0 Å². The molecule has 0 aliphatic rings. The Labute approximate surface area is 137 Å². The van der Waals surface area contributed by atoms with Crippen LogP contribution in [0.1, 0.15) is 35.4 Å². The molecule has 0 spiro atoms. The number of hydrogen-bond donors (Lipinski definition) is 1. The largest absolute Gasteiger partial charge is 0.433 e. The van der Waals surface area contributed by atoms with E-state index in [1.54, 1.807) is 48.5 Å². The molecule has 1 heterocycles. The van der Waals surface area contributed by atoms with Crippen LogP contribution in [0.5, 0.6) is 0 Å². The van der Waals surface area contributed by atoms with Crippen molar-refractivity contribution in [2.24, 2.45) is 0 Å². The molecule has 3 aromatic rings. The zero-order valence-electron chi connectivity index (χ0n) is 13.0. The second-order valence-corrected chi connectivity index (χ2v) is 5.57. The first-order valence-corrected chi connectivity index (χ1v) is 7.64. The second kappa shape index (κ2) is 6.24. The minimum atomic E-state index is -4.57. The molecule has 0 aliphatic heterocycles. The van der Waals surface area contributed by atoms with Crippen molar-refractivity contribution in [3.8, 4) is 0 Å². The Balaban J connectivity index is 2.29. The van der Waals surface area contributed by atoms with Crippen LogP contribution in [-0.4, -0.2) is 10.1 Å². The van der Waals surface area contributed by atoms with E-state index < -0.39 is 18.0 Å². The average Bonchev–Trinajstić information content (AvgIpc) is 2.59. The summed E-state index contributed by atoms with van der Waals surface area (Å²) in [4.78, 5) is 3.82. The summed E-state index contributed by atoms with van der Waals surface area (Å²) < 4.78 is 39.8. The lowest BCUT2D eigenvalue weighted by Gasteiger charge is -2.18. The van der Waals surface area contributed by atoms with Crippen LogP contribution in [0.2, 0.25) is 0 Å². The third-order valence-corrected chi connectivity index (χ3v) is 4.04. The van der Waals surface area contributed by atoms with E-state index in [-0.39, 0.29) is 5.56 Å². The summed E-state index contributed by atoms with van der Waals surface area (Å²) in [7, 11) is 0. The number of aliphatic hydroxyl groups excluding tert-OH is 1. The maximum atomic E-state index is 13.3. The van der Waals surface area contributed by atoms with Crippen LogP contribution in [0.25, 0.3) is 10.9 Å². The fourth-order valence-electron chi connectivity index (χ4n) is 2.81. The van der Waals surface area contributed by atoms with Crippen molar-refractivity contribution in [1.82, 2.24) is 4.98 Å². The first-order chi connectivity index (χ1) is 11.4. The maximum absolute atomic E-state index is 13.3. The van der Waals surface area contributed by atoms with Gasteiger partial charge in [-0.2, -0.15) is 13.2 Å². The van der Waals surface area contributed by atoms with E-state index in [1.165, 1.54) is 0 Å². The predicted octanol–water partition coefficient (Wildman–Crippen LogP) is 4.90. The minimum Gasteiger partial charge on any atom is -0.384 e. The van der Waals surface area contributed by atoms with E-state index in [2.05, 4.69) is 4.98 Å². The number of halogens is 3. The lowest BCUT2D eigenvalue weighted by Crippen LogP contribution is -2.11. The fraction of sp³-hybridized carbons (Fsp3) is 0.211. The lowest BCUT2D eigenvalue weighted by atomic mass is 9.95. The van der Waals surface area contributed by atoms with Crippen LogP contribution >= 0.6 is 0 Å². The third kappa shape index (κ3) is 2.99. The Bertz CT molecular complexity index is 860. The smallest absolute Gasteiger partial charge is 0.384 e. The van der Waals surface area contributed by atoms with Gasteiger partial charge in [-0.1, -0.05) is 55.5 Å². The summed E-state index contributed by atoms with van der Waals surface area (Å²) >= 11 is 0. The monoisotopic (exact) mass is 331 g/mol. The minimum absolute atomic E-state index is 0.217. The molecule has 0 amide bonds. The van der Waals surface area contributed by atoms with E-state index in [1.807, 2.05) is 6.92 Å². The topological polar surface area (TPSA) is 33.1 Å². The molecule has 0 bridgehead atoms. The Hall–Kier alpha value is -2.40. The van der Waals surface area contributed by atoms with Crippen molar-refractivity contribution in [3.05, 3.63) is 77.0 Å². The molecule has 2 aromatic carbocycles. The number of rotatable bonds is 3. The SMILES string of the molecule is CCc1cccc2c(C(O)c3ccccc3)cc(C(F)(F)F)nc12. The first-order valence-electron chi connectivity index (χ1n) is 7.64. The molecule has 1 aromatic heterocycles. The summed E-state index contributed by atoms with van der Waals surface area (Å²) in [5, 5.41) is 11.2. The summed E-state index contributed by atoms with van der Waals surface area (Å²) in [6.07, 6.45) is -5.16. The van der Waals surface area contributed by atoms with Gasteiger partial charge < -0.3 is 5.11 Å². The molecule has 1 unspecified atom stereocenters. The average molecular weight is 331 g/mol. The van der Waals surface area contributed by atoms with E-state index >= 15 is 0 Å². The molecule has 124 valence electrons. The Morgan fingerprint density at radius 1 is 1.04 bits per heavy atom. The first kappa shape index (κ1) is 16.5. The van der Waals surface area contributed by atoms with Crippen LogP contribution in [0.15, 0.2) is 54.6 Å². The Morgan fingerprint density at radius 3 is 2.38 bits per heavy atom. The Kier molecular flexibility index (Phi) is 4.28. The van der Waals surface area contributed by atoms with E-state index in [4.69, 9.17) is 0 Å². The summed E-state index contributed by atoms with van der Waals surface area (Å²) in [6, 6.07) is 14.8. The molecule has 24 heavy (non-hydrogen) atoms. The second-order valence-electron chi connectivity index (χ2n) is 5.57. The van der Waals surface area contributed by atoms with Crippen LogP contribution in [0.3, 0.4) is 0 Å². The molecule has 5 heteroatoms. The number of alkyl halides is 3. The molecule has 1 N–H and O–H groups in total. The van der Waals surface area contributed by atoms with Gasteiger partial charge in [0.05, 0.1) is 5.52 Å². The molecule has 0 aliphatic carbocycles. The maximum Gasteiger partial charge on any atom is 0.433 e. The van der Waals surface area contributed by atoms with E-state index in [0.29, 0.717) is 22.9 Å². The number of pyridine rings is 1. The zero-order chi connectivity index (χ0) is 17.3. The third-order valence-electron chi connectivity index (χ3n) is 4.04. The van der Waals surface area contributed by atoms with Crippen molar-refractivity contribution in [1.29, 1.82) is 0 Å². The lowest BCUT2D eigenvalue weighted by molar-refractivity contribution is -0.141. The zero-order valence-corrected chi connectivity index (χ0v) is 13.0. The van der Waals surface area contributed by atoms with Gasteiger partial charge in [0.25, 0.3) is 0 Å². The molecule has 0 fully saturated rings.